The number of carbonyl (C=O) groups excluding carboxylic acids is 2. The lowest BCUT2D eigenvalue weighted by Gasteiger charge is -2.19. The van der Waals surface area contributed by atoms with Gasteiger partial charge in [-0.25, -0.2) is 0 Å². The maximum Gasteiger partial charge on any atom is 0.260 e. The van der Waals surface area contributed by atoms with Crippen LogP contribution in [0.3, 0.4) is 0 Å². The number of fused-ring (bicyclic) bond motifs is 4. The molecule has 2 amide bonds. The van der Waals surface area contributed by atoms with Gasteiger partial charge in [-0.2, -0.15) is 0 Å². The average Bonchev–Trinajstić information content (AvgIpc) is 3.78. The summed E-state index contributed by atoms with van der Waals surface area (Å²) in [6, 6.07) is 22.1. The van der Waals surface area contributed by atoms with Crippen LogP contribution >= 0.6 is 0 Å². The number of nitrogens with one attached hydrogen (secondary N) is 1. The maximum absolute atomic E-state index is 13.8. The van der Waals surface area contributed by atoms with Crippen LogP contribution in [0.5, 0.6) is 23.0 Å². The molecule has 4 heterocycles. The molecule has 4 aliphatic rings. The Morgan fingerprint density at radius 3 is 1.87 bits per heavy atom. The monoisotopic (exact) mass is 737 g/mol. The summed E-state index contributed by atoms with van der Waals surface area (Å²) in [5, 5.41) is 13.1. The third-order valence-corrected chi connectivity index (χ3v) is 10.3. The third-order valence-electron chi connectivity index (χ3n) is 10.3. The van der Waals surface area contributed by atoms with Gasteiger partial charge in [0.25, 0.3) is 11.8 Å². The third kappa shape index (κ3) is 7.17. The summed E-state index contributed by atoms with van der Waals surface area (Å²) in [5.74, 6) is 1.56. The fourth-order valence-electron chi connectivity index (χ4n) is 7.32. The Bertz CT molecular complexity index is 2260. The van der Waals surface area contributed by atoms with Crippen LogP contribution in [0.15, 0.2) is 95.2 Å². The van der Waals surface area contributed by atoms with Crippen LogP contribution in [0.4, 0.5) is 17.1 Å². The smallest absolute Gasteiger partial charge is 0.260 e. The van der Waals surface area contributed by atoms with Crippen LogP contribution in [-0.4, -0.2) is 78.1 Å². The number of benzene rings is 4. The number of hydrogen-bond acceptors (Lipinski definition) is 9. The van der Waals surface area contributed by atoms with Crippen LogP contribution in [0.1, 0.15) is 70.0 Å². The highest BCUT2D eigenvalue weighted by molar-refractivity contribution is 6.06. The van der Waals surface area contributed by atoms with E-state index in [0.29, 0.717) is 72.2 Å². The zero-order valence-electron chi connectivity index (χ0n) is 31.1. The van der Waals surface area contributed by atoms with E-state index in [9.17, 15) is 14.7 Å². The zero-order chi connectivity index (χ0) is 38.1. The first-order valence-electron chi connectivity index (χ1n) is 18.7. The normalized spacial score (nSPS) is 18.1. The van der Waals surface area contributed by atoms with Crippen molar-refractivity contribution in [3.63, 3.8) is 0 Å². The van der Waals surface area contributed by atoms with Crippen LogP contribution in [0, 0.1) is 6.92 Å². The predicted molar refractivity (Wildman–Crippen MR) is 215 cm³/mol. The van der Waals surface area contributed by atoms with E-state index in [1.165, 1.54) is 0 Å². The van der Waals surface area contributed by atoms with E-state index >= 15 is 0 Å². The minimum absolute atomic E-state index is 0.113. The molecule has 0 fully saturated rings. The molecular weight excluding hydrogens is 695 g/mol. The summed E-state index contributed by atoms with van der Waals surface area (Å²) in [7, 11) is 1.56. The Labute approximate surface area is 320 Å². The fraction of sp³-hybridized carbons (Fsp3) is 0.273. The Kier molecular flexibility index (Phi) is 9.84. The lowest BCUT2D eigenvalue weighted by Crippen LogP contribution is -2.32. The van der Waals surface area contributed by atoms with Crippen molar-refractivity contribution < 1.29 is 28.9 Å². The molecule has 0 bridgehead atoms. The van der Waals surface area contributed by atoms with Crippen molar-refractivity contribution in [2.45, 2.75) is 51.6 Å². The van der Waals surface area contributed by atoms with Crippen LogP contribution < -0.4 is 19.5 Å². The van der Waals surface area contributed by atoms with E-state index < -0.39 is 0 Å². The van der Waals surface area contributed by atoms with E-state index in [1.807, 2.05) is 56.0 Å². The summed E-state index contributed by atoms with van der Waals surface area (Å²) in [5.41, 5.74) is 8.15. The molecule has 2 atom stereocenters. The molecule has 0 unspecified atom stereocenters. The molecule has 4 aromatic rings. The van der Waals surface area contributed by atoms with Crippen molar-refractivity contribution in [1.82, 2.24) is 9.80 Å². The van der Waals surface area contributed by atoms with Gasteiger partial charge in [-0.05, 0) is 77.6 Å². The molecule has 8 rings (SSSR count). The second-order valence-electron chi connectivity index (χ2n) is 14.1. The molecule has 280 valence electrons. The highest BCUT2D eigenvalue weighted by Gasteiger charge is 2.35. The highest BCUT2D eigenvalue weighted by Crippen LogP contribution is 2.41. The number of aryl methyl sites for hydroxylation is 1. The van der Waals surface area contributed by atoms with Crippen LogP contribution in [0.25, 0.3) is 11.1 Å². The first kappa shape index (κ1) is 35.7. The summed E-state index contributed by atoms with van der Waals surface area (Å²) < 4.78 is 17.9. The largest absolute Gasteiger partial charge is 0.508 e. The number of phenols is 1. The van der Waals surface area contributed by atoms with E-state index in [2.05, 4.69) is 36.5 Å². The van der Waals surface area contributed by atoms with Gasteiger partial charge in [-0.1, -0.05) is 31.2 Å². The summed E-state index contributed by atoms with van der Waals surface area (Å²) >= 11 is 0. The molecular formula is C44H43N5O6. The van der Waals surface area contributed by atoms with Crippen molar-refractivity contribution in [2.24, 2.45) is 9.98 Å². The summed E-state index contributed by atoms with van der Waals surface area (Å²) in [6.07, 6.45) is 10.4. The second kappa shape index (κ2) is 15.2. The number of methoxy groups -OCH3 is 1. The van der Waals surface area contributed by atoms with Gasteiger partial charge >= 0.3 is 0 Å². The molecule has 0 radical (unpaired) electrons. The van der Waals surface area contributed by atoms with Crippen LogP contribution in [-0.2, 0) is 0 Å². The van der Waals surface area contributed by atoms with Crippen molar-refractivity contribution in [1.29, 1.82) is 0 Å². The number of nitrogens with zero attached hydrogens (tertiary/aromatic N) is 4. The van der Waals surface area contributed by atoms with Gasteiger partial charge in [-0.3, -0.25) is 19.6 Å². The Hall–Kier alpha value is -6.36. The molecule has 4 aromatic carbocycles. The Morgan fingerprint density at radius 1 is 0.745 bits per heavy atom. The first-order chi connectivity index (χ1) is 26.8. The van der Waals surface area contributed by atoms with E-state index in [4.69, 9.17) is 24.2 Å². The minimum atomic E-state index is -0.192. The van der Waals surface area contributed by atoms with Gasteiger partial charge in [-0.15, -0.1) is 0 Å². The van der Waals surface area contributed by atoms with Crippen molar-refractivity contribution in [2.75, 3.05) is 32.2 Å². The number of carbonyl (C=O) groups is 2. The molecule has 55 heavy (non-hydrogen) atoms. The molecule has 0 spiro atoms. The number of rotatable bonds is 12. The maximum atomic E-state index is 13.8. The number of ether oxygens (including phenoxy) is 3. The second-order valence-corrected chi connectivity index (χ2v) is 14.1. The molecule has 4 aliphatic heterocycles. The van der Waals surface area contributed by atoms with E-state index in [-0.39, 0.29) is 29.6 Å². The van der Waals surface area contributed by atoms with E-state index in [1.54, 1.807) is 41.2 Å². The number of amides is 2. The highest BCUT2D eigenvalue weighted by atomic mass is 16.5. The van der Waals surface area contributed by atoms with E-state index in [0.717, 1.165) is 46.5 Å². The lowest BCUT2D eigenvalue weighted by atomic mass is 10.0. The number of phenolic OH excluding ortho intramolecular Hbond substituents is 1. The minimum Gasteiger partial charge on any atom is -0.508 e. The number of aliphatic imine (C=N–C) groups is 2. The number of anilines is 1. The summed E-state index contributed by atoms with van der Waals surface area (Å²) in [6.45, 7) is 5.69. The van der Waals surface area contributed by atoms with Crippen molar-refractivity contribution in [3.05, 3.63) is 113 Å². The molecule has 0 saturated heterocycles. The van der Waals surface area contributed by atoms with Gasteiger partial charge in [0.15, 0.2) is 11.5 Å². The molecule has 2 N–H and O–H groups in total. The number of hydrogen-bond donors (Lipinski definition) is 2. The number of aromatic hydroxyl groups is 1. The van der Waals surface area contributed by atoms with Gasteiger partial charge in [0.1, 0.15) is 11.5 Å². The molecule has 11 heteroatoms. The van der Waals surface area contributed by atoms with Crippen LogP contribution in [0.2, 0.25) is 0 Å². The van der Waals surface area contributed by atoms with Gasteiger partial charge in [0.2, 0.25) is 0 Å². The standard InChI is InChI=1S/C44H43N5O6/c1-4-14-45-32-10-6-28(7-11-32)30-18-34-24-47-39-22-42(41(53-3)20-37(39)44(52)49(34)25-30)55-16-5-15-54-40-21-38-36(17-27(40)2)43(51)48-26-31(19-33(48)23-46-38)29-8-12-35(50)13-9-29/h6-13,17,20-26,33-34,45,50H,4-5,14-16,18-19H2,1-3H3/t33-,34-/m0/s1. The molecule has 0 saturated carbocycles. The zero-order valence-corrected chi connectivity index (χ0v) is 31.1. The predicted octanol–water partition coefficient (Wildman–Crippen LogP) is 8.32. The van der Waals surface area contributed by atoms with Crippen molar-refractivity contribution in [3.8, 4) is 23.0 Å². The Morgan fingerprint density at radius 2 is 1.29 bits per heavy atom. The quantitative estimate of drug-likeness (QED) is 0.140. The molecule has 11 nitrogen and oxygen atoms in total. The topological polar surface area (TPSA) is 125 Å². The Balaban J connectivity index is 0.887. The van der Waals surface area contributed by atoms with Gasteiger partial charge in [0, 0.05) is 68.5 Å². The molecule has 0 aliphatic carbocycles. The van der Waals surface area contributed by atoms with Crippen molar-refractivity contribution >= 4 is 52.5 Å². The van der Waals surface area contributed by atoms with Gasteiger partial charge in [0.05, 0.1) is 54.9 Å². The molecule has 0 aromatic heterocycles. The first-order valence-corrected chi connectivity index (χ1v) is 18.7. The fourth-order valence-corrected chi connectivity index (χ4v) is 7.32. The summed E-state index contributed by atoms with van der Waals surface area (Å²) in [4.78, 5) is 40.4. The average molecular weight is 738 g/mol. The SMILES string of the molecule is CCCNc1ccc(C2=CN3C(=O)c4cc(OC)c(OCCCOc5cc6c(cc5C)C(=O)N5C=C(c7ccc(O)cc7)C[C@H]5C=N6)cc4N=C[C@@H]3C2)cc1. The lowest BCUT2D eigenvalue weighted by molar-refractivity contribution is 0.0809. The van der Waals surface area contributed by atoms with Gasteiger partial charge < -0.3 is 34.4 Å².